The number of nitrogens with zero attached hydrogens (tertiary/aromatic N) is 11. The van der Waals surface area contributed by atoms with E-state index in [2.05, 4.69) is 186 Å². The molecule has 9 heterocycles. The number of anilines is 3. The van der Waals surface area contributed by atoms with E-state index in [1.807, 2.05) is 20.8 Å². The second-order valence-electron chi connectivity index (χ2n) is 34.5. The average molecular weight is 1720 g/mol. The predicted octanol–water partition coefficient (Wildman–Crippen LogP) is 12.1. The van der Waals surface area contributed by atoms with Crippen LogP contribution in [0.4, 0.5) is 17.5 Å². The highest BCUT2D eigenvalue weighted by molar-refractivity contribution is 7.20. The van der Waals surface area contributed by atoms with Crippen LogP contribution >= 0.6 is 11.1 Å². The van der Waals surface area contributed by atoms with Crippen molar-refractivity contribution in [3.8, 4) is 5.82 Å². The molecule has 13 N–H and O–H groups in total. The van der Waals surface area contributed by atoms with Gasteiger partial charge in [0.1, 0.15) is 85.0 Å². The van der Waals surface area contributed by atoms with E-state index >= 15 is 0 Å². The molecular weight excluding hydrogens is 1570 g/mol. The molecule has 4 aliphatic rings. The van der Waals surface area contributed by atoms with Gasteiger partial charge in [0.15, 0.2) is 63.1 Å². The molecule has 9 rings (SSSR count). The first-order chi connectivity index (χ1) is 50.1. The van der Waals surface area contributed by atoms with Gasteiger partial charge in [-0.15, -0.1) is 0 Å². The van der Waals surface area contributed by atoms with Gasteiger partial charge in [-0.2, -0.15) is 36.1 Å². The van der Waals surface area contributed by atoms with Crippen molar-refractivity contribution in [2.45, 2.75) is 351 Å². The van der Waals surface area contributed by atoms with Gasteiger partial charge >= 0.3 is 22.8 Å². The molecule has 4 saturated heterocycles. The zero-order chi connectivity index (χ0) is 83.1. The second-order valence-corrected chi connectivity index (χ2v) is 56.0. The Morgan fingerprint density at radius 1 is 0.452 bits per heavy atom. The van der Waals surface area contributed by atoms with Crippen LogP contribution < -0.4 is 46.1 Å². The molecule has 38 heteroatoms. The zero-order valence-electron chi connectivity index (χ0n) is 71.8. The van der Waals surface area contributed by atoms with E-state index in [0.29, 0.717) is 16.4 Å². The number of rotatable bonds is 19. The quantitative estimate of drug-likeness (QED) is 0.0330. The van der Waals surface area contributed by atoms with E-state index in [-0.39, 0.29) is 117 Å². The summed E-state index contributed by atoms with van der Waals surface area (Å²) >= 11 is 6.15. The summed E-state index contributed by atoms with van der Waals surface area (Å²) in [7, 11) is -1.23. The van der Waals surface area contributed by atoms with Gasteiger partial charge in [0.25, 0.3) is 0 Å². The van der Waals surface area contributed by atoms with Crippen LogP contribution in [0.25, 0.3) is 5.82 Å². The Kier molecular flexibility index (Phi) is 43.0. The number of halogens is 1. The first-order valence-electron chi connectivity index (χ1n) is 37.3. The van der Waals surface area contributed by atoms with E-state index in [9.17, 15) is 24.3 Å². The molecule has 0 saturated carbocycles. The molecule has 0 aliphatic carbocycles. The number of aromatic nitrogens is 11. The summed E-state index contributed by atoms with van der Waals surface area (Å²) in [6.45, 7) is 57.0. The van der Waals surface area contributed by atoms with Gasteiger partial charge in [0.2, 0.25) is 0 Å². The first kappa shape index (κ1) is 112. The Labute approximate surface area is 694 Å². The second kappa shape index (κ2) is 44.2. The maximum absolute atomic E-state index is 12.9. The van der Waals surface area contributed by atoms with Gasteiger partial charge in [0.05, 0.1) is 24.9 Å². The maximum Gasteiger partial charge on any atom is 0.351 e. The third kappa shape index (κ3) is 26.3. The van der Waals surface area contributed by atoms with Crippen molar-refractivity contribution >= 4 is 60.9 Å². The standard InChI is InChI=1S/C20H33N5O4Si.2C18H33N3O4Si.C11H17N3O5.C6H15ClSi.4CH4.H3N.H2O/c1-9-14-15(29-30(7,8)20(3,4)5)16(27-6)18(28-14)24-10-13(2)17(23-19(24)26)25-12-21-11-22-25;2*1-9-12-13(25-26(7,8)18(3,4)5)14(23-6)16(24-12)21-10-11(2)15(19)20-17(21)22;1-5-3-14(11(17)13-9(5)12)10-8(18-2)7(16)6(4-15)19-10;1-6(2,3)8(4,5)7;;;;;;/h10-12,14-16,18H,9H2,1-8H3;2*10,12-14,16H,9H2,1-8H3,(H2,19,20,22);3,6-8,10,15-16H,4H2,1-2H3,(H2,12,13,17);1-5H3;4*1H4;1H3;1H2/t14-,15+,16?,18-;2*12-,13+,14?,16-;6-,7+,8?,10-;;;;;;;/m1111......./s1. The Bertz CT molecular complexity index is 3900. The molecule has 33 nitrogen and oxygen atoms in total. The molecule has 5 aromatic heterocycles. The average Bonchev–Trinajstić information content (AvgIpc) is 1.61. The van der Waals surface area contributed by atoms with Crippen LogP contribution in [0.1, 0.15) is 200 Å². The smallest absolute Gasteiger partial charge is 0.351 e. The van der Waals surface area contributed by atoms with Crippen molar-refractivity contribution in [3.05, 3.63) is 102 Å². The van der Waals surface area contributed by atoms with E-state index in [0.717, 1.165) is 36.0 Å². The zero-order valence-corrected chi connectivity index (χ0v) is 76.5. The molecule has 4 aliphatic heterocycles. The number of aliphatic hydroxyl groups excluding tert-OH is 2. The fraction of sp³-hybridized carbons (Fsp3) is 0.766. The lowest BCUT2D eigenvalue weighted by molar-refractivity contribution is -0.0625. The minimum atomic E-state index is -2.07. The fourth-order valence-corrected chi connectivity index (χ4v) is 15.4. The van der Waals surface area contributed by atoms with Crippen LogP contribution in [0.2, 0.25) is 72.5 Å². The summed E-state index contributed by atoms with van der Waals surface area (Å²) in [5, 5.41) is 23.6. The van der Waals surface area contributed by atoms with E-state index in [4.69, 9.17) is 84.6 Å². The summed E-state index contributed by atoms with van der Waals surface area (Å²) in [5.41, 5.74) is 18.0. The van der Waals surface area contributed by atoms with Crippen molar-refractivity contribution in [1.29, 1.82) is 0 Å². The number of nitrogens with two attached hydrogens (primary N) is 3. The number of aliphatic hydroxyl groups is 2. The molecule has 0 bridgehead atoms. The molecule has 0 aromatic carbocycles. The van der Waals surface area contributed by atoms with Crippen molar-refractivity contribution in [2.24, 2.45) is 0 Å². The minimum absolute atomic E-state index is 0. The van der Waals surface area contributed by atoms with Crippen LogP contribution in [-0.2, 0) is 51.2 Å². The number of hydrogen-bond donors (Lipinski definition) is 6. The monoisotopic (exact) mass is 1720 g/mol. The SMILES string of the molecule is C.C.C.C.CC(C)(C)[Si](C)(C)Cl.CC[C@H]1O[C@@H](n2cc(C)c(-n3cncn3)nc2=O)C(OC)[C@H]1O[Si](C)(C)C(C)(C)C.CC[C@H]1O[C@@H](n2cc(C)c(N)nc2=O)C(OC)[C@H]1O[Si](C)(C)C(C)(C)C.CC[C@H]1O[C@@H](n2cc(C)c(N)nc2=O)C(OC)[C@H]1O[Si](C)(C)C(C)(C)C.COC1[C@@H](O)[C@@H](CO)O[C@H]1n1cc(C)c(N)nc1=O.N.O. The molecule has 0 radical (unpaired) electrons. The molecule has 5 aromatic rings. The van der Waals surface area contributed by atoms with Gasteiger partial charge < -0.3 is 90.2 Å². The number of aryl methyl sites for hydroxylation is 4. The van der Waals surface area contributed by atoms with E-state index in [1.54, 1.807) is 46.8 Å². The van der Waals surface area contributed by atoms with Gasteiger partial charge in [-0.05, 0) is 106 Å². The summed E-state index contributed by atoms with van der Waals surface area (Å²) < 4.78 is 73.8. The van der Waals surface area contributed by atoms with Crippen molar-refractivity contribution in [3.63, 3.8) is 0 Å². The van der Waals surface area contributed by atoms with Crippen LogP contribution in [0, 0.1) is 27.7 Å². The third-order valence-corrected chi connectivity index (χ3v) is 41.2. The summed E-state index contributed by atoms with van der Waals surface area (Å²) in [6, 6.07) is 0. The van der Waals surface area contributed by atoms with Crippen molar-refractivity contribution in [1.82, 2.24) is 59.1 Å². The lowest BCUT2D eigenvalue weighted by atomic mass is 10.1. The molecule has 4 fully saturated rings. The highest BCUT2D eigenvalue weighted by Gasteiger charge is 2.55. The molecule has 115 heavy (non-hydrogen) atoms. The molecule has 666 valence electrons. The fourth-order valence-electron chi connectivity index (χ4n) is 11.4. The number of nitrogen functional groups attached to an aromatic ring is 3. The van der Waals surface area contributed by atoms with Crippen LogP contribution in [-0.4, -0.2) is 209 Å². The lowest BCUT2D eigenvalue weighted by Gasteiger charge is -2.40. The Hall–Kier alpha value is -5.38. The Balaban J connectivity index is 0. The number of hydrogen-bond acceptors (Lipinski definition) is 27. The Morgan fingerprint density at radius 2 is 0.704 bits per heavy atom. The van der Waals surface area contributed by atoms with Crippen LogP contribution in [0.15, 0.2) is 56.6 Å². The van der Waals surface area contributed by atoms with Crippen LogP contribution in [0.3, 0.4) is 0 Å². The summed E-state index contributed by atoms with van der Waals surface area (Å²) in [6.07, 6.45) is 4.19. The summed E-state index contributed by atoms with van der Waals surface area (Å²) in [5.74, 6) is 1.06. The molecular formula is C77H152ClN15O18Si4. The number of ether oxygens (including phenoxy) is 8. The summed E-state index contributed by atoms with van der Waals surface area (Å²) in [4.78, 5) is 69.1. The number of methoxy groups -OCH3 is 4. The van der Waals surface area contributed by atoms with Crippen molar-refractivity contribution < 1.29 is 66.9 Å². The van der Waals surface area contributed by atoms with Gasteiger partial charge in [0, 0.05) is 75.5 Å². The topological polar surface area (TPSA) is 457 Å². The third-order valence-electron chi connectivity index (χ3n) is 22.5. The van der Waals surface area contributed by atoms with Crippen LogP contribution in [0.5, 0.6) is 0 Å². The molecule has 4 unspecified atom stereocenters. The van der Waals surface area contributed by atoms with Gasteiger partial charge in [-0.25, -0.2) is 28.8 Å². The van der Waals surface area contributed by atoms with E-state index in [1.165, 1.54) is 48.9 Å². The van der Waals surface area contributed by atoms with Gasteiger partial charge in [-0.1, -0.05) is 147 Å². The molecule has 0 spiro atoms. The normalized spacial score (nSPS) is 24.9. The molecule has 0 amide bonds. The lowest BCUT2D eigenvalue weighted by Crippen LogP contribution is -2.49. The Morgan fingerprint density at radius 3 is 0.930 bits per heavy atom. The highest BCUT2D eigenvalue weighted by atomic mass is 35.6. The highest BCUT2D eigenvalue weighted by Crippen LogP contribution is 2.46. The predicted molar refractivity (Wildman–Crippen MR) is 469 cm³/mol. The van der Waals surface area contributed by atoms with Gasteiger partial charge in [-0.3, -0.25) is 18.3 Å². The van der Waals surface area contributed by atoms with Crippen molar-refractivity contribution in [2.75, 3.05) is 52.2 Å². The maximum atomic E-state index is 12.9. The minimum Gasteiger partial charge on any atom is -0.412 e. The molecule has 16 atom stereocenters. The first-order valence-corrected chi connectivity index (χ1v) is 50.1. The van der Waals surface area contributed by atoms with E-state index < -0.39 is 117 Å². The largest absolute Gasteiger partial charge is 0.412 e.